The molecule has 0 saturated carbocycles. The van der Waals surface area contributed by atoms with Crippen molar-refractivity contribution in [3.05, 3.63) is 65.2 Å². The number of likely N-dealkylation sites (N-methyl/N-ethyl adjacent to an activating group) is 1. The van der Waals surface area contributed by atoms with Gasteiger partial charge in [0.05, 0.1) is 6.04 Å². The fraction of sp³-hybridized carbons (Fsp3) is 0.429. The number of nitrogens with zero attached hydrogens (tertiary/aromatic N) is 2. The molecule has 0 spiro atoms. The van der Waals surface area contributed by atoms with Crippen molar-refractivity contribution >= 4 is 5.69 Å². The Hall–Kier alpha value is -1.80. The first-order valence-corrected chi connectivity index (χ1v) is 8.72. The van der Waals surface area contributed by atoms with E-state index in [1.165, 1.54) is 22.4 Å². The highest BCUT2D eigenvalue weighted by Gasteiger charge is 2.27. The summed E-state index contributed by atoms with van der Waals surface area (Å²) in [5, 5.41) is 0. The lowest BCUT2D eigenvalue weighted by molar-refractivity contribution is 0.269. The SMILES string of the molecule is CC.Cc1ccc(N2CCN(C)CC2c2ccccc2)c(C)c1. The smallest absolute Gasteiger partial charge is 0.0670 e. The molecular weight excluding hydrogens is 280 g/mol. The minimum atomic E-state index is 0.436. The lowest BCUT2D eigenvalue weighted by atomic mass is 10.00. The molecule has 1 atom stereocenters. The Labute approximate surface area is 141 Å². The van der Waals surface area contributed by atoms with Gasteiger partial charge in [0.25, 0.3) is 0 Å². The molecule has 1 aliphatic heterocycles. The van der Waals surface area contributed by atoms with E-state index in [0.29, 0.717) is 6.04 Å². The van der Waals surface area contributed by atoms with Gasteiger partial charge in [-0.25, -0.2) is 0 Å². The van der Waals surface area contributed by atoms with Crippen LogP contribution in [0, 0.1) is 13.8 Å². The van der Waals surface area contributed by atoms with Crippen molar-refractivity contribution in [1.29, 1.82) is 0 Å². The van der Waals surface area contributed by atoms with Crippen LogP contribution in [0.1, 0.15) is 36.6 Å². The molecule has 0 radical (unpaired) electrons. The van der Waals surface area contributed by atoms with Gasteiger partial charge < -0.3 is 9.80 Å². The summed E-state index contributed by atoms with van der Waals surface area (Å²) < 4.78 is 0. The third-order valence-electron chi connectivity index (χ3n) is 4.43. The van der Waals surface area contributed by atoms with E-state index in [2.05, 4.69) is 79.2 Å². The number of rotatable bonds is 2. The summed E-state index contributed by atoms with van der Waals surface area (Å²) in [6, 6.07) is 18.1. The van der Waals surface area contributed by atoms with Crippen LogP contribution in [-0.2, 0) is 0 Å². The molecule has 2 nitrogen and oxygen atoms in total. The minimum Gasteiger partial charge on any atom is -0.362 e. The average Bonchev–Trinajstić information content (AvgIpc) is 2.58. The van der Waals surface area contributed by atoms with E-state index in [1.807, 2.05) is 13.8 Å². The van der Waals surface area contributed by atoms with Crippen molar-refractivity contribution in [3.63, 3.8) is 0 Å². The van der Waals surface area contributed by atoms with E-state index in [9.17, 15) is 0 Å². The van der Waals surface area contributed by atoms with Gasteiger partial charge in [-0.05, 0) is 38.1 Å². The topological polar surface area (TPSA) is 6.48 Å². The molecule has 0 N–H and O–H groups in total. The molecule has 1 heterocycles. The quantitative estimate of drug-likeness (QED) is 0.784. The molecule has 23 heavy (non-hydrogen) atoms. The van der Waals surface area contributed by atoms with Gasteiger partial charge in [0.15, 0.2) is 0 Å². The van der Waals surface area contributed by atoms with E-state index < -0.39 is 0 Å². The maximum absolute atomic E-state index is 2.57. The van der Waals surface area contributed by atoms with Crippen LogP contribution in [-0.4, -0.2) is 31.6 Å². The van der Waals surface area contributed by atoms with Crippen molar-refractivity contribution in [3.8, 4) is 0 Å². The highest BCUT2D eigenvalue weighted by Crippen LogP contribution is 2.32. The van der Waals surface area contributed by atoms with Crippen LogP contribution in [0.3, 0.4) is 0 Å². The molecule has 2 aromatic rings. The van der Waals surface area contributed by atoms with Crippen LogP contribution in [0.2, 0.25) is 0 Å². The summed E-state index contributed by atoms with van der Waals surface area (Å²) in [7, 11) is 2.22. The Morgan fingerprint density at radius 3 is 2.26 bits per heavy atom. The summed E-state index contributed by atoms with van der Waals surface area (Å²) in [4.78, 5) is 5.00. The van der Waals surface area contributed by atoms with Gasteiger partial charge in [-0.1, -0.05) is 61.9 Å². The van der Waals surface area contributed by atoms with Gasteiger partial charge in [0, 0.05) is 25.3 Å². The molecule has 1 saturated heterocycles. The fourth-order valence-corrected chi connectivity index (χ4v) is 3.30. The molecule has 0 aliphatic carbocycles. The Bertz CT molecular complexity index is 606. The second kappa shape index (κ2) is 8.16. The molecule has 2 aromatic carbocycles. The van der Waals surface area contributed by atoms with E-state index in [-0.39, 0.29) is 0 Å². The summed E-state index contributed by atoms with van der Waals surface area (Å²) in [6.45, 7) is 11.7. The van der Waals surface area contributed by atoms with E-state index >= 15 is 0 Å². The number of hydrogen-bond donors (Lipinski definition) is 0. The summed E-state index contributed by atoms with van der Waals surface area (Å²) in [6.07, 6.45) is 0. The molecule has 0 amide bonds. The first-order chi connectivity index (χ1) is 11.1. The van der Waals surface area contributed by atoms with Crippen LogP contribution in [0.4, 0.5) is 5.69 Å². The number of aryl methyl sites for hydroxylation is 2. The fourth-order valence-electron chi connectivity index (χ4n) is 3.30. The molecule has 0 aromatic heterocycles. The average molecular weight is 310 g/mol. The van der Waals surface area contributed by atoms with Crippen LogP contribution >= 0.6 is 0 Å². The second-order valence-electron chi connectivity index (χ2n) is 6.17. The Kier molecular flexibility index (Phi) is 6.23. The van der Waals surface area contributed by atoms with Crippen molar-refractivity contribution in [2.45, 2.75) is 33.7 Å². The minimum absolute atomic E-state index is 0.436. The van der Waals surface area contributed by atoms with Crippen LogP contribution in [0.15, 0.2) is 48.5 Å². The van der Waals surface area contributed by atoms with Gasteiger partial charge >= 0.3 is 0 Å². The van der Waals surface area contributed by atoms with Crippen LogP contribution in [0.25, 0.3) is 0 Å². The maximum atomic E-state index is 2.57. The van der Waals surface area contributed by atoms with Gasteiger partial charge in [0.2, 0.25) is 0 Å². The summed E-state index contributed by atoms with van der Waals surface area (Å²) in [5.74, 6) is 0. The van der Waals surface area contributed by atoms with Gasteiger partial charge in [-0.2, -0.15) is 0 Å². The zero-order valence-corrected chi connectivity index (χ0v) is 15.2. The highest BCUT2D eigenvalue weighted by molar-refractivity contribution is 5.56. The number of hydrogen-bond acceptors (Lipinski definition) is 2. The Balaban J connectivity index is 0.000000924. The highest BCUT2D eigenvalue weighted by atomic mass is 15.3. The monoisotopic (exact) mass is 310 g/mol. The third kappa shape index (κ3) is 4.14. The van der Waals surface area contributed by atoms with E-state index in [1.54, 1.807) is 0 Å². The van der Waals surface area contributed by atoms with Gasteiger partial charge in [-0.15, -0.1) is 0 Å². The van der Waals surface area contributed by atoms with Crippen molar-refractivity contribution < 1.29 is 0 Å². The zero-order valence-electron chi connectivity index (χ0n) is 15.2. The van der Waals surface area contributed by atoms with Crippen molar-refractivity contribution in [1.82, 2.24) is 4.90 Å². The molecule has 1 unspecified atom stereocenters. The van der Waals surface area contributed by atoms with Crippen LogP contribution < -0.4 is 4.90 Å². The van der Waals surface area contributed by atoms with Crippen molar-refractivity contribution in [2.24, 2.45) is 0 Å². The van der Waals surface area contributed by atoms with E-state index in [4.69, 9.17) is 0 Å². The van der Waals surface area contributed by atoms with Gasteiger partial charge in [-0.3, -0.25) is 0 Å². The Morgan fingerprint density at radius 2 is 1.61 bits per heavy atom. The standard InChI is InChI=1S/C19H24N2.C2H6/c1-15-9-10-18(16(2)13-15)21-12-11-20(3)14-19(21)17-7-5-4-6-8-17;1-2/h4-10,13,19H,11-12,14H2,1-3H3;1-2H3. The largest absolute Gasteiger partial charge is 0.362 e. The second-order valence-corrected chi connectivity index (χ2v) is 6.17. The molecule has 1 fully saturated rings. The zero-order chi connectivity index (χ0) is 16.8. The first kappa shape index (κ1) is 17.6. The number of anilines is 1. The predicted molar refractivity (Wildman–Crippen MR) is 101 cm³/mol. The van der Waals surface area contributed by atoms with Gasteiger partial charge in [0.1, 0.15) is 0 Å². The lowest BCUT2D eigenvalue weighted by Gasteiger charge is -2.42. The van der Waals surface area contributed by atoms with E-state index in [0.717, 1.165) is 19.6 Å². The normalized spacial score (nSPS) is 18.3. The molecule has 1 aliphatic rings. The molecule has 2 heteroatoms. The van der Waals surface area contributed by atoms with Crippen molar-refractivity contribution in [2.75, 3.05) is 31.6 Å². The first-order valence-electron chi connectivity index (χ1n) is 8.72. The molecule has 3 rings (SSSR count). The summed E-state index contributed by atoms with van der Waals surface area (Å²) >= 11 is 0. The summed E-state index contributed by atoms with van der Waals surface area (Å²) in [5.41, 5.74) is 5.49. The number of benzene rings is 2. The Morgan fingerprint density at radius 1 is 0.913 bits per heavy atom. The molecular formula is C21H30N2. The van der Waals surface area contributed by atoms with Crippen LogP contribution in [0.5, 0.6) is 0 Å². The predicted octanol–water partition coefficient (Wildman–Crippen LogP) is 4.82. The molecule has 0 bridgehead atoms. The number of piperazine rings is 1. The molecule has 124 valence electrons. The maximum Gasteiger partial charge on any atom is 0.0670 e. The third-order valence-corrected chi connectivity index (χ3v) is 4.43. The lowest BCUT2D eigenvalue weighted by Crippen LogP contribution is -2.47.